The number of carbonyl (C=O) groups excluding carboxylic acids is 1. The van der Waals surface area contributed by atoms with Gasteiger partial charge in [-0.1, -0.05) is 12.1 Å². The Balaban J connectivity index is 1.70. The van der Waals surface area contributed by atoms with E-state index in [4.69, 9.17) is 4.74 Å². The van der Waals surface area contributed by atoms with Crippen molar-refractivity contribution in [2.45, 2.75) is 32.1 Å². The number of aryl methyl sites for hydroxylation is 1. The van der Waals surface area contributed by atoms with E-state index in [0.717, 1.165) is 46.3 Å². The second-order valence-electron chi connectivity index (χ2n) is 6.90. The van der Waals surface area contributed by atoms with Crippen LogP contribution >= 0.6 is 0 Å². The average Bonchev–Trinajstić information content (AvgIpc) is 3.32. The van der Waals surface area contributed by atoms with E-state index in [2.05, 4.69) is 23.3 Å². The lowest BCUT2D eigenvalue weighted by atomic mass is 9.94. The normalized spacial score (nSPS) is 15.2. The quantitative estimate of drug-likeness (QED) is 0.740. The first-order chi connectivity index (χ1) is 12.0. The lowest BCUT2D eigenvalue weighted by Crippen LogP contribution is -2.28. The summed E-state index contributed by atoms with van der Waals surface area (Å²) >= 11 is 0. The summed E-state index contributed by atoms with van der Waals surface area (Å²) in [5, 5.41) is 4.21. The minimum absolute atomic E-state index is 0.0740. The van der Waals surface area contributed by atoms with E-state index in [1.807, 2.05) is 43.5 Å². The number of anilines is 1. The molecule has 2 N–H and O–H groups in total. The van der Waals surface area contributed by atoms with E-state index in [0.29, 0.717) is 0 Å². The summed E-state index contributed by atoms with van der Waals surface area (Å²) in [4.78, 5) is 16.4. The molecule has 1 fully saturated rings. The van der Waals surface area contributed by atoms with Gasteiger partial charge in [-0.15, -0.1) is 0 Å². The van der Waals surface area contributed by atoms with Crippen LogP contribution in [-0.4, -0.2) is 18.0 Å². The highest BCUT2D eigenvalue weighted by Gasteiger charge is 2.52. The second-order valence-corrected chi connectivity index (χ2v) is 6.90. The van der Waals surface area contributed by atoms with Crippen molar-refractivity contribution >= 4 is 22.5 Å². The molecule has 0 bridgehead atoms. The van der Waals surface area contributed by atoms with E-state index in [1.165, 1.54) is 5.56 Å². The Morgan fingerprint density at radius 2 is 2.00 bits per heavy atom. The van der Waals surface area contributed by atoms with Gasteiger partial charge in [-0.05, 0) is 67.6 Å². The number of aromatic amines is 1. The fourth-order valence-corrected chi connectivity index (χ4v) is 3.49. The van der Waals surface area contributed by atoms with Crippen LogP contribution in [0.3, 0.4) is 0 Å². The minimum Gasteiger partial charge on any atom is -0.497 e. The zero-order chi connectivity index (χ0) is 17.6. The zero-order valence-electron chi connectivity index (χ0n) is 14.8. The van der Waals surface area contributed by atoms with Crippen molar-refractivity contribution in [2.24, 2.45) is 0 Å². The van der Waals surface area contributed by atoms with Crippen molar-refractivity contribution in [3.63, 3.8) is 0 Å². The van der Waals surface area contributed by atoms with Crippen molar-refractivity contribution < 1.29 is 9.53 Å². The molecule has 0 aliphatic heterocycles. The van der Waals surface area contributed by atoms with E-state index < -0.39 is 5.41 Å². The molecular weight excluding hydrogens is 312 g/mol. The SMILES string of the molecule is COc1ccc2[nH]cc(C3(C(=O)Nc4cccc(C)c4C)CC3)c2c1. The Hall–Kier alpha value is -2.75. The molecule has 0 atom stereocenters. The molecule has 0 spiro atoms. The van der Waals surface area contributed by atoms with E-state index in [9.17, 15) is 4.79 Å². The average molecular weight is 334 g/mol. The predicted octanol–water partition coefficient (Wildman–Crippen LogP) is 4.46. The standard InChI is InChI=1S/C21H22N2O2/c1-13-5-4-6-18(14(13)2)23-20(24)21(9-10-21)17-12-22-19-8-7-15(25-3)11-16(17)19/h4-8,11-12,22H,9-10H2,1-3H3,(H,23,24). The number of hydrogen-bond acceptors (Lipinski definition) is 2. The van der Waals surface area contributed by atoms with Gasteiger partial charge >= 0.3 is 0 Å². The molecule has 1 saturated carbocycles. The smallest absolute Gasteiger partial charge is 0.235 e. The van der Waals surface area contributed by atoms with Crippen molar-refractivity contribution in [1.29, 1.82) is 0 Å². The molecule has 0 unspecified atom stereocenters. The maximum Gasteiger partial charge on any atom is 0.235 e. The van der Waals surface area contributed by atoms with Gasteiger partial charge in [0.15, 0.2) is 0 Å². The molecule has 4 rings (SSSR count). The van der Waals surface area contributed by atoms with Crippen molar-refractivity contribution in [3.8, 4) is 5.75 Å². The summed E-state index contributed by atoms with van der Waals surface area (Å²) in [6, 6.07) is 11.9. The number of fused-ring (bicyclic) bond motifs is 1. The van der Waals surface area contributed by atoms with Crippen LogP contribution < -0.4 is 10.1 Å². The number of H-pyrrole nitrogens is 1. The maximum absolute atomic E-state index is 13.1. The van der Waals surface area contributed by atoms with Gasteiger partial charge in [-0.3, -0.25) is 4.79 Å². The van der Waals surface area contributed by atoms with Gasteiger partial charge < -0.3 is 15.0 Å². The molecule has 0 radical (unpaired) electrons. The third-order valence-corrected chi connectivity index (χ3v) is 5.44. The van der Waals surface area contributed by atoms with Crippen LogP contribution in [0.5, 0.6) is 5.75 Å². The summed E-state index contributed by atoms with van der Waals surface area (Å²) in [6.07, 6.45) is 3.71. The van der Waals surface area contributed by atoms with Gasteiger partial charge in [0.2, 0.25) is 5.91 Å². The van der Waals surface area contributed by atoms with Crippen LogP contribution in [0.15, 0.2) is 42.6 Å². The lowest BCUT2D eigenvalue weighted by molar-refractivity contribution is -0.118. The minimum atomic E-state index is -0.444. The number of hydrogen-bond donors (Lipinski definition) is 2. The summed E-state index contributed by atoms with van der Waals surface area (Å²) in [5.41, 5.74) is 4.84. The van der Waals surface area contributed by atoms with E-state index >= 15 is 0 Å². The zero-order valence-corrected chi connectivity index (χ0v) is 14.8. The predicted molar refractivity (Wildman–Crippen MR) is 100 cm³/mol. The number of aromatic nitrogens is 1. The molecule has 1 amide bonds. The third-order valence-electron chi connectivity index (χ3n) is 5.44. The molecule has 4 nitrogen and oxygen atoms in total. The van der Waals surface area contributed by atoms with E-state index in [1.54, 1.807) is 7.11 Å². The highest BCUT2D eigenvalue weighted by atomic mass is 16.5. The van der Waals surface area contributed by atoms with Crippen LogP contribution in [0.4, 0.5) is 5.69 Å². The topological polar surface area (TPSA) is 54.1 Å². The summed E-state index contributed by atoms with van der Waals surface area (Å²) in [6.45, 7) is 4.10. The van der Waals surface area contributed by atoms with Crippen LogP contribution in [0.2, 0.25) is 0 Å². The fraction of sp³-hybridized carbons (Fsp3) is 0.286. The molecule has 2 aromatic carbocycles. The van der Waals surface area contributed by atoms with Gasteiger partial charge in [-0.25, -0.2) is 0 Å². The van der Waals surface area contributed by atoms with Gasteiger partial charge in [0.25, 0.3) is 0 Å². The maximum atomic E-state index is 13.1. The molecule has 1 aliphatic rings. The Morgan fingerprint density at radius 1 is 1.20 bits per heavy atom. The van der Waals surface area contributed by atoms with Crippen molar-refractivity contribution in [3.05, 3.63) is 59.3 Å². The first-order valence-electron chi connectivity index (χ1n) is 8.58. The Morgan fingerprint density at radius 3 is 2.72 bits per heavy atom. The van der Waals surface area contributed by atoms with Crippen molar-refractivity contribution in [2.75, 3.05) is 12.4 Å². The van der Waals surface area contributed by atoms with Crippen LogP contribution in [-0.2, 0) is 10.2 Å². The Bertz CT molecular complexity index is 967. The first-order valence-corrected chi connectivity index (χ1v) is 8.58. The van der Waals surface area contributed by atoms with Crippen molar-refractivity contribution in [1.82, 2.24) is 4.98 Å². The molecule has 3 aromatic rings. The first kappa shape index (κ1) is 15.8. The molecule has 128 valence electrons. The highest BCUT2D eigenvalue weighted by molar-refractivity contribution is 6.05. The number of amides is 1. The number of carbonyl (C=O) groups is 1. The van der Waals surface area contributed by atoms with Crippen LogP contribution in [0, 0.1) is 13.8 Å². The fourth-order valence-electron chi connectivity index (χ4n) is 3.49. The monoisotopic (exact) mass is 334 g/mol. The summed E-state index contributed by atoms with van der Waals surface area (Å²) < 4.78 is 5.35. The number of benzene rings is 2. The van der Waals surface area contributed by atoms with Gasteiger partial charge in [0.1, 0.15) is 5.75 Å². The van der Waals surface area contributed by atoms with Gasteiger partial charge in [-0.2, -0.15) is 0 Å². The van der Waals surface area contributed by atoms with E-state index in [-0.39, 0.29) is 5.91 Å². The number of methoxy groups -OCH3 is 1. The number of rotatable bonds is 4. The third kappa shape index (κ3) is 2.49. The molecule has 25 heavy (non-hydrogen) atoms. The Kier molecular flexibility index (Phi) is 3.57. The van der Waals surface area contributed by atoms with Crippen LogP contribution in [0.25, 0.3) is 10.9 Å². The molecule has 0 saturated heterocycles. The lowest BCUT2D eigenvalue weighted by Gasteiger charge is -2.17. The summed E-state index contributed by atoms with van der Waals surface area (Å²) in [7, 11) is 1.66. The molecule has 1 aromatic heterocycles. The molecule has 4 heteroatoms. The molecule has 1 heterocycles. The Labute approximate surface area is 147 Å². The molecule has 1 aliphatic carbocycles. The second kappa shape index (κ2) is 5.66. The van der Waals surface area contributed by atoms with Gasteiger partial charge in [0, 0.05) is 22.8 Å². The largest absolute Gasteiger partial charge is 0.497 e. The molecular formula is C21H22N2O2. The number of ether oxygens (including phenoxy) is 1. The summed E-state index contributed by atoms with van der Waals surface area (Å²) in [5.74, 6) is 0.879. The number of nitrogens with one attached hydrogen (secondary N) is 2. The highest BCUT2D eigenvalue weighted by Crippen LogP contribution is 2.51. The van der Waals surface area contributed by atoms with Crippen LogP contribution in [0.1, 0.15) is 29.5 Å². The van der Waals surface area contributed by atoms with Gasteiger partial charge in [0.05, 0.1) is 12.5 Å².